The minimum absolute atomic E-state index is 0.142. The number of methoxy groups -OCH3 is 1. The van der Waals surface area contributed by atoms with Crippen LogP contribution in [0.4, 0.5) is 0 Å². The maximum atomic E-state index is 11.6. The Hall–Kier alpha value is -0.610. The normalized spacial score (nSPS) is 22.4. The van der Waals surface area contributed by atoms with Crippen molar-refractivity contribution >= 4 is 5.97 Å². The lowest BCUT2D eigenvalue weighted by molar-refractivity contribution is -0.143. The van der Waals surface area contributed by atoms with Gasteiger partial charge >= 0.3 is 5.97 Å². The van der Waals surface area contributed by atoms with Gasteiger partial charge < -0.3 is 15.0 Å². The van der Waals surface area contributed by atoms with Crippen LogP contribution >= 0.6 is 0 Å². The second kappa shape index (κ2) is 7.74. The largest absolute Gasteiger partial charge is 0.468 e. The van der Waals surface area contributed by atoms with E-state index in [1.807, 2.05) is 6.92 Å². The third kappa shape index (κ3) is 4.58. The van der Waals surface area contributed by atoms with E-state index < -0.39 is 0 Å². The van der Waals surface area contributed by atoms with Crippen LogP contribution in [0.15, 0.2) is 0 Å². The van der Waals surface area contributed by atoms with E-state index in [2.05, 4.69) is 24.1 Å². The van der Waals surface area contributed by atoms with Crippen molar-refractivity contribution in [2.75, 3.05) is 33.3 Å². The molecular formula is C14H28N2O2. The molecule has 0 saturated carbocycles. The molecule has 1 aliphatic rings. The summed E-state index contributed by atoms with van der Waals surface area (Å²) in [6.45, 7) is 10.7. The minimum Gasteiger partial charge on any atom is -0.468 e. The summed E-state index contributed by atoms with van der Waals surface area (Å²) in [5, 5.41) is 3.19. The van der Waals surface area contributed by atoms with Crippen LogP contribution in [0, 0.1) is 11.8 Å². The fourth-order valence-corrected chi connectivity index (χ4v) is 2.61. The van der Waals surface area contributed by atoms with Crippen molar-refractivity contribution in [3.63, 3.8) is 0 Å². The molecule has 0 spiro atoms. The molecule has 0 aliphatic carbocycles. The predicted octanol–water partition coefficient (Wildman–Crippen LogP) is 1.51. The standard InChI is InChI=1S/C14H28N2O2/c1-5-15-13(14(17)18-4)7-9-16-8-6-12(10-16)11(2)3/h11-13,15H,5-10H2,1-4H3. The second-order valence-corrected chi connectivity index (χ2v) is 5.52. The Morgan fingerprint density at radius 3 is 2.72 bits per heavy atom. The van der Waals surface area contributed by atoms with Crippen LogP contribution in [-0.4, -0.2) is 50.2 Å². The Labute approximate surface area is 111 Å². The van der Waals surface area contributed by atoms with E-state index in [0.717, 1.165) is 31.3 Å². The van der Waals surface area contributed by atoms with Gasteiger partial charge in [-0.1, -0.05) is 20.8 Å². The number of esters is 1. The summed E-state index contributed by atoms with van der Waals surface area (Å²) in [5.41, 5.74) is 0. The molecule has 1 fully saturated rings. The van der Waals surface area contributed by atoms with Gasteiger partial charge in [-0.25, -0.2) is 0 Å². The van der Waals surface area contributed by atoms with Crippen LogP contribution in [0.2, 0.25) is 0 Å². The number of rotatable bonds is 7. The molecule has 0 bridgehead atoms. The topological polar surface area (TPSA) is 41.6 Å². The number of hydrogen-bond donors (Lipinski definition) is 1. The highest BCUT2D eigenvalue weighted by molar-refractivity contribution is 5.75. The molecule has 0 amide bonds. The molecule has 4 nitrogen and oxygen atoms in total. The van der Waals surface area contributed by atoms with E-state index in [9.17, 15) is 4.79 Å². The molecule has 0 aromatic heterocycles. The minimum atomic E-state index is -0.155. The average Bonchev–Trinajstić information content (AvgIpc) is 2.82. The summed E-state index contributed by atoms with van der Waals surface area (Å²) in [7, 11) is 1.46. The number of ether oxygens (including phenoxy) is 1. The zero-order chi connectivity index (χ0) is 13.5. The molecule has 1 N–H and O–H groups in total. The molecule has 2 unspecified atom stereocenters. The highest BCUT2D eigenvalue weighted by atomic mass is 16.5. The van der Waals surface area contributed by atoms with Gasteiger partial charge in [-0.3, -0.25) is 4.79 Å². The number of carbonyl (C=O) groups excluding carboxylic acids is 1. The zero-order valence-electron chi connectivity index (χ0n) is 12.2. The Bertz CT molecular complexity index is 256. The molecule has 1 saturated heterocycles. The van der Waals surface area contributed by atoms with E-state index in [0.29, 0.717) is 0 Å². The predicted molar refractivity (Wildman–Crippen MR) is 73.5 cm³/mol. The van der Waals surface area contributed by atoms with Gasteiger partial charge in [0.05, 0.1) is 7.11 Å². The molecule has 1 heterocycles. The van der Waals surface area contributed by atoms with Gasteiger partial charge in [0.1, 0.15) is 6.04 Å². The Morgan fingerprint density at radius 2 is 2.22 bits per heavy atom. The quantitative estimate of drug-likeness (QED) is 0.701. The third-order valence-corrected chi connectivity index (χ3v) is 3.92. The molecule has 0 aromatic rings. The molecule has 2 atom stereocenters. The highest BCUT2D eigenvalue weighted by Crippen LogP contribution is 2.23. The molecular weight excluding hydrogens is 228 g/mol. The first-order valence-corrected chi connectivity index (χ1v) is 7.12. The molecule has 4 heteroatoms. The van der Waals surface area contributed by atoms with Gasteiger partial charge in [0.2, 0.25) is 0 Å². The maximum absolute atomic E-state index is 11.6. The summed E-state index contributed by atoms with van der Waals surface area (Å²) in [5.74, 6) is 1.44. The summed E-state index contributed by atoms with van der Waals surface area (Å²) in [6.07, 6.45) is 2.13. The van der Waals surface area contributed by atoms with E-state index in [1.54, 1.807) is 0 Å². The van der Waals surface area contributed by atoms with Gasteiger partial charge in [0, 0.05) is 13.1 Å². The SMILES string of the molecule is CCNC(CCN1CCC(C(C)C)C1)C(=O)OC. The summed E-state index contributed by atoms with van der Waals surface area (Å²) >= 11 is 0. The van der Waals surface area contributed by atoms with Gasteiger partial charge in [-0.15, -0.1) is 0 Å². The van der Waals surface area contributed by atoms with Crippen molar-refractivity contribution in [2.45, 2.75) is 39.7 Å². The van der Waals surface area contributed by atoms with Crippen LogP contribution in [0.3, 0.4) is 0 Å². The van der Waals surface area contributed by atoms with Crippen LogP contribution < -0.4 is 5.32 Å². The first-order valence-electron chi connectivity index (χ1n) is 7.12. The molecule has 1 aliphatic heterocycles. The fourth-order valence-electron chi connectivity index (χ4n) is 2.61. The molecule has 0 radical (unpaired) electrons. The van der Waals surface area contributed by atoms with E-state index >= 15 is 0 Å². The lowest BCUT2D eigenvalue weighted by Gasteiger charge is -2.21. The number of nitrogens with one attached hydrogen (secondary N) is 1. The average molecular weight is 256 g/mol. The number of hydrogen-bond acceptors (Lipinski definition) is 4. The number of nitrogens with zero attached hydrogens (tertiary/aromatic N) is 1. The summed E-state index contributed by atoms with van der Waals surface area (Å²) in [4.78, 5) is 14.0. The number of likely N-dealkylation sites (N-methyl/N-ethyl adjacent to an activating group) is 1. The zero-order valence-corrected chi connectivity index (χ0v) is 12.2. The highest BCUT2D eigenvalue weighted by Gasteiger charge is 2.26. The van der Waals surface area contributed by atoms with Crippen LogP contribution in [0.1, 0.15) is 33.6 Å². The van der Waals surface area contributed by atoms with E-state index in [1.165, 1.54) is 26.6 Å². The smallest absolute Gasteiger partial charge is 0.322 e. The molecule has 18 heavy (non-hydrogen) atoms. The molecule has 0 aromatic carbocycles. The van der Waals surface area contributed by atoms with Gasteiger partial charge in [-0.2, -0.15) is 0 Å². The third-order valence-electron chi connectivity index (χ3n) is 3.92. The first-order chi connectivity index (χ1) is 8.58. The molecule has 1 rings (SSSR count). The Balaban J connectivity index is 2.32. The second-order valence-electron chi connectivity index (χ2n) is 5.52. The van der Waals surface area contributed by atoms with Crippen LogP contribution in [0.25, 0.3) is 0 Å². The van der Waals surface area contributed by atoms with E-state index in [-0.39, 0.29) is 12.0 Å². The van der Waals surface area contributed by atoms with Crippen molar-refractivity contribution in [3.8, 4) is 0 Å². The lowest BCUT2D eigenvalue weighted by Crippen LogP contribution is -2.40. The van der Waals surface area contributed by atoms with E-state index in [4.69, 9.17) is 4.74 Å². The Kier molecular flexibility index (Phi) is 6.65. The summed E-state index contributed by atoms with van der Waals surface area (Å²) in [6, 6.07) is -0.155. The Morgan fingerprint density at radius 1 is 1.50 bits per heavy atom. The first kappa shape index (κ1) is 15.4. The lowest BCUT2D eigenvalue weighted by atomic mass is 9.95. The van der Waals surface area contributed by atoms with Crippen molar-refractivity contribution in [1.29, 1.82) is 0 Å². The number of likely N-dealkylation sites (tertiary alicyclic amines) is 1. The maximum Gasteiger partial charge on any atom is 0.322 e. The fraction of sp³-hybridized carbons (Fsp3) is 0.929. The van der Waals surface area contributed by atoms with Gasteiger partial charge in [0.15, 0.2) is 0 Å². The van der Waals surface area contributed by atoms with Crippen LogP contribution in [-0.2, 0) is 9.53 Å². The summed E-state index contributed by atoms with van der Waals surface area (Å²) < 4.78 is 4.82. The van der Waals surface area contributed by atoms with Crippen molar-refractivity contribution < 1.29 is 9.53 Å². The monoisotopic (exact) mass is 256 g/mol. The van der Waals surface area contributed by atoms with Gasteiger partial charge in [0.25, 0.3) is 0 Å². The van der Waals surface area contributed by atoms with Crippen molar-refractivity contribution in [1.82, 2.24) is 10.2 Å². The van der Waals surface area contributed by atoms with Gasteiger partial charge in [-0.05, 0) is 37.8 Å². The van der Waals surface area contributed by atoms with Crippen LogP contribution in [0.5, 0.6) is 0 Å². The van der Waals surface area contributed by atoms with Crippen molar-refractivity contribution in [3.05, 3.63) is 0 Å². The van der Waals surface area contributed by atoms with Crippen molar-refractivity contribution in [2.24, 2.45) is 11.8 Å². The molecule has 106 valence electrons. The number of carbonyl (C=O) groups is 1.